The van der Waals surface area contributed by atoms with Gasteiger partial charge in [0.1, 0.15) is 0 Å². The van der Waals surface area contributed by atoms with Crippen molar-refractivity contribution in [1.29, 1.82) is 0 Å². The third-order valence-corrected chi connectivity index (χ3v) is 2.59. The minimum absolute atomic E-state index is 0.236. The molecule has 1 aromatic rings. The second-order valence-electron chi connectivity index (χ2n) is 4.03. The molecular formula is C11H12N2O3. The minimum atomic E-state index is -0.900. The third kappa shape index (κ3) is 2.18. The van der Waals surface area contributed by atoms with Gasteiger partial charge in [-0.1, -0.05) is 0 Å². The van der Waals surface area contributed by atoms with Crippen LogP contribution in [0.1, 0.15) is 12.0 Å². The lowest BCUT2D eigenvalue weighted by Gasteiger charge is -2.04. The number of carboxylic acids is 1. The van der Waals surface area contributed by atoms with Gasteiger partial charge in [-0.25, -0.2) is 0 Å². The fourth-order valence-corrected chi connectivity index (χ4v) is 1.62. The third-order valence-electron chi connectivity index (χ3n) is 2.59. The summed E-state index contributed by atoms with van der Waals surface area (Å²) in [7, 11) is 0. The van der Waals surface area contributed by atoms with Crippen LogP contribution in [-0.4, -0.2) is 22.0 Å². The van der Waals surface area contributed by atoms with Crippen LogP contribution in [0, 0.1) is 18.8 Å². The highest BCUT2D eigenvalue weighted by Gasteiger charge is 2.48. The summed E-state index contributed by atoms with van der Waals surface area (Å²) < 4.78 is 0. The number of carboxylic acid groups (broad SMARTS) is 1. The number of carbonyl (C=O) groups is 2. The number of amides is 1. The van der Waals surface area contributed by atoms with Crippen LogP contribution >= 0.6 is 0 Å². The lowest BCUT2D eigenvalue weighted by atomic mass is 10.2. The van der Waals surface area contributed by atoms with Crippen molar-refractivity contribution in [2.45, 2.75) is 13.3 Å². The molecule has 0 aliphatic heterocycles. The van der Waals surface area contributed by atoms with Crippen LogP contribution in [0.15, 0.2) is 18.5 Å². The van der Waals surface area contributed by atoms with Gasteiger partial charge in [0.05, 0.1) is 23.7 Å². The largest absolute Gasteiger partial charge is 0.481 e. The maximum atomic E-state index is 11.6. The second kappa shape index (κ2) is 3.92. The van der Waals surface area contributed by atoms with Crippen molar-refractivity contribution in [1.82, 2.24) is 4.98 Å². The van der Waals surface area contributed by atoms with Gasteiger partial charge in [0, 0.05) is 6.20 Å². The first-order chi connectivity index (χ1) is 7.58. The Bertz CT molecular complexity index is 445. The molecule has 2 rings (SSSR count). The van der Waals surface area contributed by atoms with E-state index in [1.165, 1.54) is 0 Å². The number of aliphatic carboxylic acids is 1. The average molecular weight is 220 g/mol. The molecule has 0 saturated heterocycles. The predicted octanol–water partition coefficient (Wildman–Crippen LogP) is 1.05. The zero-order valence-corrected chi connectivity index (χ0v) is 8.80. The number of rotatable bonds is 3. The standard InChI is InChI=1S/C11H12N2O3/c1-6-2-7(5-12-4-6)13-10(14)8-3-9(8)11(15)16/h2,4-5,8-9H,3H2,1H3,(H,13,14)(H,15,16). The minimum Gasteiger partial charge on any atom is -0.481 e. The Balaban J connectivity index is 1.96. The summed E-state index contributed by atoms with van der Waals surface area (Å²) in [6.07, 6.45) is 3.66. The van der Waals surface area contributed by atoms with E-state index in [1.54, 1.807) is 18.5 Å². The number of anilines is 1. The van der Waals surface area contributed by atoms with Gasteiger partial charge in [-0.2, -0.15) is 0 Å². The number of aromatic nitrogens is 1. The lowest BCUT2D eigenvalue weighted by molar-refractivity contribution is -0.139. The zero-order chi connectivity index (χ0) is 11.7. The molecule has 1 aliphatic carbocycles. The summed E-state index contributed by atoms with van der Waals surface area (Å²) >= 11 is 0. The van der Waals surface area contributed by atoms with Crippen molar-refractivity contribution in [3.05, 3.63) is 24.0 Å². The summed E-state index contributed by atoms with van der Waals surface area (Å²) in [5.41, 5.74) is 1.56. The highest BCUT2D eigenvalue weighted by atomic mass is 16.4. The molecule has 16 heavy (non-hydrogen) atoms. The van der Waals surface area contributed by atoms with Crippen LogP contribution in [0.5, 0.6) is 0 Å². The summed E-state index contributed by atoms with van der Waals surface area (Å²) in [4.78, 5) is 26.1. The van der Waals surface area contributed by atoms with Crippen molar-refractivity contribution < 1.29 is 14.7 Å². The quantitative estimate of drug-likeness (QED) is 0.797. The molecule has 0 bridgehead atoms. The molecule has 84 valence electrons. The second-order valence-corrected chi connectivity index (χ2v) is 4.03. The molecule has 1 aliphatic rings. The normalized spacial score (nSPS) is 22.6. The molecule has 1 fully saturated rings. The van der Waals surface area contributed by atoms with Gasteiger partial charge < -0.3 is 10.4 Å². The smallest absolute Gasteiger partial charge is 0.307 e. The summed E-state index contributed by atoms with van der Waals surface area (Å²) in [6.45, 7) is 1.87. The molecule has 1 heterocycles. The van der Waals surface area contributed by atoms with Crippen molar-refractivity contribution in [3.63, 3.8) is 0 Å². The van der Waals surface area contributed by atoms with Gasteiger partial charge in [0.25, 0.3) is 0 Å². The van der Waals surface area contributed by atoms with Gasteiger partial charge in [-0.05, 0) is 25.0 Å². The topological polar surface area (TPSA) is 79.3 Å². The number of carbonyl (C=O) groups excluding carboxylic acids is 1. The van der Waals surface area contributed by atoms with Gasteiger partial charge in [0.15, 0.2) is 0 Å². The monoisotopic (exact) mass is 220 g/mol. The molecule has 5 nitrogen and oxygen atoms in total. The van der Waals surface area contributed by atoms with Crippen LogP contribution in [-0.2, 0) is 9.59 Å². The number of nitrogens with zero attached hydrogens (tertiary/aromatic N) is 1. The van der Waals surface area contributed by atoms with Crippen LogP contribution in [0.2, 0.25) is 0 Å². The molecule has 2 N–H and O–H groups in total. The van der Waals surface area contributed by atoms with E-state index in [1.807, 2.05) is 6.92 Å². The summed E-state index contributed by atoms with van der Waals surface area (Å²) in [5, 5.41) is 11.4. The molecule has 1 amide bonds. The Morgan fingerprint density at radius 2 is 2.19 bits per heavy atom. The summed E-state index contributed by atoms with van der Waals surface area (Å²) in [5.74, 6) is -2.04. The van der Waals surface area contributed by atoms with Crippen LogP contribution < -0.4 is 5.32 Å². The van der Waals surface area contributed by atoms with Crippen molar-refractivity contribution in [3.8, 4) is 0 Å². The maximum absolute atomic E-state index is 11.6. The Hall–Kier alpha value is -1.91. The fourth-order valence-electron chi connectivity index (χ4n) is 1.62. The number of aryl methyl sites for hydroxylation is 1. The van der Waals surface area contributed by atoms with Crippen LogP contribution in [0.25, 0.3) is 0 Å². The maximum Gasteiger partial charge on any atom is 0.307 e. The highest BCUT2D eigenvalue weighted by molar-refractivity contribution is 5.98. The van der Waals surface area contributed by atoms with E-state index in [9.17, 15) is 9.59 Å². The van der Waals surface area contributed by atoms with Gasteiger partial charge in [-0.15, -0.1) is 0 Å². The van der Waals surface area contributed by atoms with E-state index in [0.717, 1.165) is 5.56 Å². The van der Waals surface area contributed by atoms with Gasteiger partial charge in [-0.3, -0.25) is 14.6 Å². The molecule has 1 aromatic heterocycles. The average Bonchev–Trinajstić information content (AvgIpc) is 2.96. The van der Waals surface area contributed by atoms with Crippen molar-refractivity contribution >= 4 is 17.6 Å². The van der Waals surface area contributed by atoms with E-state index in [4.69, 9.17) is 5.11 Å². The Morgan fingerprint density at radius 3 is 2.75 bits per heavy atom. The van der Waals surface area contributed by atoms with E-state index < -0.39 is 17.8 Å². The Labute approximate surface area is 92.5 Å². The Morgan fingerprint density at radius 1 is 1.44 bits per heavy atom. The SMILES string of the molecule is Cc1cncc(NC(=O)C2CC2C(=O)O)c1. The predicted molar refractivity (Wildman–Crippen MR) is 56.8 cm³/mol. The number of hydrogen-bond donors (Lipinski definition) is 2. The van der Waals surface area contributed by atoms with E-state index >= 15 is 0 Å². The molecule has 0 aromatic carbocycles. The lowest BCUT2D eigenvalue weighted by Crippen LogP contribution is -2.16. The molecule has 1 saturated carbocycles. The van der Waals surface area contributed by atoms with Crippen LogP contribution in [0.3, 0.4) is 0 Å². The zero-order valence-electron chi connectivity index (χ0n) is 8.80. The van der Waals surface area contributed by atoms with Gasteiger partial charge >= 0.3 is 5.97 Å². The van der Waals surface area contributed by atoms with Crippen molar-refractivity contribution in [2.24, 2.45) is 11.8 Å². The van der Waals surface area contributed by atoms with E-state index in [2.05, 4.69) is 10.3 Å². The fraction of sp³-hybridized carbons (Fsp3) is 0.364. The molecular weight excluding hydrogens is 208 g/mol. The van der Waals surface area contributed by atoms with E-state index in [-0.39, 0.29) is 5.91 Å². The number of pyridine rings is 1. The highest BCUT2D eigenvalue weighted by Crippen LogP contribution is 2.39. The Kier molecular flexibility index (Phi) is 2.60. The summed E-state index contributed by atoms with van der Waals surface area (Å²) in [6, 6.07) is 1.79. The first-order valence-electron chi connectivity index (χ1n) is 5.03. The molecule has 2 unspecified atom stereocenters. The molecule has 0 radical (unpaired) electrons. The van der Waals surface area contributed by atoms with Crippen LogP contribution in [0.4, 0.5) is 5.69 Å². The van der Waals surface area contributed by atoms with E-state index in [0.29, 0.717) is 12.1 Å². The number of nitrogens with one attached hydrogen (secondary N) is 1. The van der Waals surface area contributed by atoms with Gasteiger partial charge in [0.2, 0.25) is 5.91 Å². The first kappa shape index (κ1) is 10.6. The number of hydrogen-bond acceptors (Lipinski definition) is 3. The first-order valence-corrected chi connectivity index (χ1v) is 5.03. The van der Waals surface area contributed by atoms with Crippen molar-refractivity contribution in [2.75, 3.05) is 5.32 Å². The molecule has 0 spiro atoms. The molecule has 5 heteroatoms. The molecule has 2 atom stereocenters.